The van der Waals surface area contributed by atoms with Crippen molar-refractivity contribution < 1.29 is 4.74 Å². The van der Waals surface area contributed by atoms with E-state index in [-0.39, 0.29) is 0 Å². The number of hydrogen-bond acceptors (Lipinski definition) is 3. The van der Waals surface area contributed by atoms with Crippen molar-refractivity contribution in [1.82, 2.24) is 10.2 Å². The molecule has 3 heteroatoms. The van der Waals surface area contributed by atoms with Crippen LogP contribution in [-0.2, 0) is 4.74 Å². The minimum Gasteiger partial charge on any atom is -0.377 e. The molecule has 0 aromatic carbocycles. The Morgan fingerprint density at radius 1 is 1.35 bits per heavy atom. The van der Waals surface area contributed by atoms with E-state index in [9.17, 15) is 0 Å². The fourth-order valence-corrected chi connectivity index (χ4v) is 2.90. The molecule has 0 spiro atoms. The molecule has 0 radical (unpaired) electrons. The summed E-state index contributed by atoms with van der Waals surface area (Å²) in [6, 6.07) is 2.11. The summed E-state index contributed by atoms with van der Waals surface area (Å²) in [5.41, 5.74) is 0. The van der Waals surface area contributed by atoms with E-state index in [0.29, 0.717) is 18.2 Å². The van der Waals surface area contributed by atoms with Crippen LogP contribution in [0.15, 0.2) is 0 Å². The quantitative estimate of drug-likeness (QED) is 0.737. The Morgan fingerprint density at radius 3 is 2.65 bits per heavy atom. The first kappa shape index (κ1) is 13.3. The van der Waals surface area contributed by atoms with Crippen LogP contribution in [0.2, 0.25) is 0 Å². The van der Waals surface area contributed by atoms with Gasteiger partial charge in [0.1, 0.15) is 0 Å². The number of rotatable bonds is 7. The van der Waals surface area contributed by atoms with Crippen LogP contribution in [-0.4, -0.2) is 49.3 Å². The highest BCUT2D eigenvalue weighted by Crippen LogP contribution is 2.23. The second-order valence-corrected chi connectivity index (χ2v) is 5.72. The lowest BCUT2D eigenvalue weighted by molar-refractivity contribution is 0.0650. The van der Waals surface area contributed by atoms with Gasteiger partial charge in [0.2, 0.25) is 0 Å². The van der Waals surface area contributed by atoms with Crippen molar-refractivity contribution in [1.29, 1.82) is 0 Å². The Bertz CT molecular complexity index is 230. The maximum atomic E-state index is 5.69. The molecule has 0 amide bonds. The molecule has 17 heavy (non-hydrogen) atoms. The maximum Gasteiger partial charge on any atom is 0.0703 e. The topological polar surface area (TPSA) is 24.5 Å². The lowest BCUT2D eigenvalue weighted by atomic mass is 10.0. The first-order valence-corrected chi connectivity index (χ1v) is 7.29. The van der Waals surface area contributed by atoms with Gasteiger partial charge in [-0.05, 0) is 39.7 Å². The lowest BCUT2D eigenvalue weighted by Crippen LogP contribution is -2.48. The van der Waals surface area contributed by atoms with Gasteiger partial charge in [0.05, 0.1) is 6.10 Å². The van der Waals surface area contributed by atoms with Gasteiger partial charge in [0.15, 0.2) is 0 Å². The maximum absolute atomic E-state index is 5.69. The largest absolute Gasteiger partial charge is 0.377 e. The van der Waals surface area contributed by atoms with E-state index in [2.05, 4.69) is 31.1 Å². The average Bonchev–Trinajstić information content (AvgIpc) is 3.05. The van der Waals surface area contributed by atoms with Crippen LogP contribution in [0.25, 0.3) is 0 Å². The summed E-state index contributed by atoms with van der Waals surface area (Å²) in [6.07, 6.45) is 6.92. The first-order chi connectivity index (χ1) is 8.22. The smallest absolute Gasteiger partial charge is 0.0703 e. The molecule has 0 aromatic heterocycles. The summed E-state index contributed by atoms with van der Waals surface area (Å²) < 4.78 is 5.69. The van der Waals surface area contributed by atoms with Crippen LogP contribution >= 0.6 is 0 Å². The van der Waals surface area contributed by atoms with E-state index in [1.54, 1.807) is 0 Å². The third kappa shape index (κ3) is 3.67. The highest BCUT2D eigenvalue weighted by Gasteiger charge is 2.32. The van der Waals surface area contributed by atoms with E-state index in [1.165, 1.54) is 32.1 Å². The SMILES string of the molecule is CCCC(CNC1CC1)N(C)C1CCOC1C. The van der Waals surface area contributed by atoms with Gasteiger partial charge in [-0.25, -0.2) is 0 Å². The Hall–Kier alpha value is -0.120. The Balaban J connectivity index is 1.83. The fraction of sp³-hybridized carbons (Fsp3) is 1.00. The van der Waals surface area contributed by atoms with Crippen LogP contribution in [0.4, 0.5) is 0 Å². The zero-order valence-corrected chi connectivity index (χ0v) is 11.6. The van der Waals surface area contributed by atoms with E-state index in [0.717, 1.165) is 19.2 Å². The normalized spacial score (nSPS) is 31.1. The van der Waals surface area contributed by atoms with E-state index < -0.39 is 0 Å². The minimum absolute atomic E-state index is 0.403. The van der Waals surface area contributed by atoms with E-state index in [1.807, 2.05) is 0 Å². The molecule has 0 aromatic rings. The summed E-state index contributed by atoms with van der Waals surface area (Å²) in [7, 11) is 2.28. The third-order valence-corrected chi connectivity index (χ3v) is 4.28. The van der Waals surface area contributed by atoms with Crippen molar-refractivity contribution in [2.75, 3.05) is 20.2 Å². The first-order valence-electron chi connectivity index (χ1n) is 7.29. The third-order valence-electron chi connectivity index (χ3n) is 4.28. The van der Waals surface area contributed by atoms with Gasteiger partial charge in [-0.1, -0.05) is 13.3 Å². The second kappa shape index (κ2) is 6.17. The Morgan fingerprint density at radius 2 is 2.12 bits per heavy atom. The average molecular weight is 240 g/mol. The number of ether oxygens (including phenoxy) is 1. The molecule has 2 rings (SSSR count). The molecule has 1 heterocycles. The molecule has 1 saturated carbocycles. The molecule has 3 unspecified atom stereocenters. The van der Waals surface area contributed by atoms with Gasteiger partial charge in [-0.15, -0.1) is 0 Å². The number of hydrogen-bond donors (Lipinski definition) is 1. The Labute approximate surface area is 106 Å². The molecule has 1 aliphatic heterocycles. The summed E-state index contributed by atoms with van der Waals surface area (Å²) in [5, 5.41) is 3.68. The number of nitrogens with zero attached hydrogens (tertiary/aromatic N) is 1. The minimum atomic E-state index is 0.403. The lowest BCUT2D eigenvalue weighted by Gasteiger charge is -2.34. The van der Waals surface area contributed by atoms with Crippen molar-refractivity contribution in [3.05, 3.63) is 0 Å². The monoisotopic (exact) mass is 240 g/mol. The zero-order chi connectivity index (χ0) is 12.3. The predicted molar refractivity (Wildman–Crippen MR) is 71.3 cm³/mol. The van der Waals surface area contributed by atoms with Crippen LogP contribution in [0.1, 0.15) is 46.0 Å². The molecule has 3 atom stereocenters. The van der Waals surface area contributed by atoms with Gasteiger partial charge in [0, 0.05) is 31.3 Å². The standard InChI is InChI=1S/C14H28N2O/c1-4-5-13(10-15-12-6-7-12)16(3)14-8-9-17-11(14)2/h11-15H,4-10H2,1-3H3. The second-order valence-electron chi connectivity index (χ2n) is 5.72. The Kier molecular flexibility index (Phi) is 4.83. The molecule has 1 aliphatic carbocycles. The zero-order valence-electron chi connectivity index (χ0n) is 11.6. The van der Waals surface area contributed by atoms with Gasteiger partial charge >= 0.3 is 0 Å². The summed E-state index contributed by atoms with van der Waals surface area (Å²) >= 11 is 0. The van der Waals surface area contributed by atoms with Crippen LogP contribution in [0.3, 0.4) is 0 Å². The molecule has 1 N–H and O–H groups in total. The summed E-state index contributed by atoms with van der Waals surface area (Å²) in [6.45, 7) is 6.58. The molecule has 3 nitrogen and oxygen atoms in total. The van der Waals surface area contributed by atoms with Crippen LogP contribution < -0.4 is 5.32 Å². The molecule has 0 bridgehead atoms. The molecule has 100 valence electrons. The number of likely N-dealkylation sites (N-methyl/N-ethyl adjacent to an activating group) is 1. The van der Waals surface area contributed by atoms with Crippen molar-refractivity contribution in [3.63, 3.8) is 0 Å². The number of nitrogens with one attached hydrogen (secondary N) is 1. The predicted octanol–water partition coefficient (Wildman–Crippen LogP) is 2.02. The highest BCUT2D eigenvalue weighted by molar-refractivity contribution is 4.88. The van der Waals surface area contributed by atoms with Crippen molar-refractivity contribution >= 4 is 0 Å². The molecule has 2 aliphatic rings. The van der Waals surface area contributed by atoms with Crippen LogP contribution in [0.5, 0.6) is 0 Å². The summed E-state index contributed by atoms with van der Waals surface area (Å²) in [4.78, 5) is 2.57. The van der Waals surface area contributed by atoms with E-state index >= 15 is 0 Å². The van der Waals surface area contributed by atoms with Gasteiger partial charge in [-0.3, -0.25) is 4.90 Å². The summed E-state index contributed by atoms with van der Waals surface area (Å²) in [5.74, 6) is 0. The van der Waals surface area contributed by atoms with Crippen LogP contribution in [0, 0.1) is 0 Å². The van der Waals surface area contributed by atoms with Crippen molar-refractivity contribution in [3.8, 4) is 0 Å². The van der Waals surface area contributed by atoms with E-state index in [4.69, 9.17) is 4.74 Å². The molecular formula is C14H28N2O. The molecule has 2 fully saturated rings. The van der Waals surface area contributed by atoms with Crippen molar-refractivity contribution in [2.24, 2.45) is 0 Å². The fourth-order valence-electron chi connectivity index (χ4n) is 2.90. The highest BCUT2D eigenvalue weighted by atomic mass is 16.5. The van der Waals surface area contributed by atoms with Crippen molar-refractivity contribution in [2.45, 2.75) is 70.2 Å². The van der Waals surface area contributed by atoms with Gasteiger partial charge in [-0.2, -0.15) is 0 Å². The molecular weight excluding hydrogens is 212 g/mol. The van der Waals surface area contributed by atoms with Gasteiger partial charge < -0.3 is 10.1 Å². The molecule has 1 saturated heterocycles. The van der Waals surface area contributed by atoms with Gasteiger partial charge in [0.25, 0.3) is 0 Å².